The zero-order chi connectivity index (χ0) is 10.7. The highest BCUT2D eigenvalue weighted by atomic mass is 79.9. The lowest BCUT2D eigenvalue weighted by atomic mass is 10.1. The van der Waals surface area contributed by atoms with Crippen LogP contribution in [0.3, 0.4) is 0 Å². The predicted octanol–water partition coefficient (Wildman–Crippen LogP) is 3.16. The first kappa shape index (κ1) is 11.1. The summed E-state index contributed by atoms with van der Waals surface area (Å²) in [7, 11) is 0. The third-order valence-corrected chi connectivity index (χ3v) is 2.42. The van der Waals surface area contributed by atoms with Crippen molar-refractivity contribution in [3.63, 3.8) is 0 Å². The minimum absolute atomic E-state index is 0.114. The fourth-order valence-corrected chi connectivity index (χ4v) is 1.56. The van der Waals surface area contributed by atoms with E-state index < -0.39 is 6.43 Å². The van der Waals surface area contributed by atoms with Gasteiger partial charge in [-0.25, -0.2) is 13.8 Å². The topological polar surface area (TPSA) is 36.7 Å². The molecule has 0 radical (unpaired) electrons. The van der Waals surface area contributed by atoms with Crippen LogP contribution in [-0.2, 0) is 6.42 Å². The molecule has 1 aromatic heterocycles. The maximum absolute atomic E-state index is 12.4. The van der Waals surface area contributed by atoms with Gasteiger partial charge in [0.25, 0.3) is 6.43 Å². The summed E-state index contributed by atoms with van der Waals surface area (Å²) in [6, 6.07) is 3.29. The van der Waals surface area contributed by atoms with Crippen molar-refractivity contribution >= 4 is 15.9 Å². The predicted molar refractivity (Wildman–Crippen MR) is 50.9 cm³/mol. The van der Waals surface area contributed by atoms with E-state index in [2.05, 4.69) is 20.9 Å². The van der Waals surface area contributed by atoms with E-state index in [-0.39, 0.29) is 16.6 Å². The third kappa shape index (κ3) is 2.26. The van der Waals surface area contributed by atoms with Gasteiger partial charge in [0.05, 0.1) is 23.7 Å². The lowest BCUT2D eigenvalue weighted by molar-refractivity contribution is 0.150. The second-order valence-corrected chi connectivity index (χ2v) is 3.52. The minimum Gasteiger partial charge on any atom is -0.244 e. The third-order valence-electron chi connectivity index (χ3n) is 1.78. The molecule has 0 aliphatic rings. The van der Waals surface area contributed by atoms with E-state index in [0.29, 0.717) is 11.3 Å². The molecule has 74 valence electrons. The molecule has 0 N–H and O–H groups in total. The molecule has 2 nitrogen and oxygen atoms in total. The lowest BCUT2D eigenvalue weighted by Gasteiger charge is -2.07. The van der Waals surface area contributed by atoms with Crippen LogP contribution in [0.1, 0.15) is 23.2 Å². The smallest absolute Gasteiger partial charge is 0.244 e. The molecular formula is C9H7BrF2N2. The summed E-state index contributed by atoms with van der Waals surface area (Å²) in [4.78, 5) is 3.90. The molecule has 0 spiro atoms. The number of halogens is 3. The van der Waals surface area contributed by atoms with Crippen LogP contribution in [0.25, 0.3) is 0 Å². The Morgan fingerprint density at radius 3 is 2.79 bits per heavy atom. The Bertz CT molecular complexity index is 385. The number of aromatic nitrogens is 1. The largest absolute Gasteiger partial charge is 0.266 e. The van der Waals surface area contributed by atoms with Gasteiger partial charge in [0.15, 0.2) is 0 Å². The van der Waals surface area contributed by atoms with E-state index in [0.717, 1.165) is 0 Å². The van der Waals surface area contributed by atoms with Crippen molar-refractivity contribution in [3.8, 4) is 6.07 Å². The highest BCUT2D eigenvalue weighted by Gasteiger charge is 2.14. The monoisotopic (exact) mass is 260 g/mol. The van der Waals surface area contributed by atoms with Gasteiger partial charge in [-0.15, -0.1) is 0 Å². The summed E-state index contributed by atoms with van der Waals surface area (Å²) in [5, 5.41) is 8.46. The zero-order valence-corrected chi connectivity index (χ0v) is 8.98. The number of rotatable bonds is 2. The summed E-state index contributed by atoms with van der Waals surface area (Å²) in [6.45, 7) is 1.66. The second-order valence-electron chi connectivity index (χ2n) is 2.77. The molecule has 14 heavy (non-hydrogen) atoms. The van der Waals surface area contributed by atoms with Gasteiger partial charge in [-0.2, -0.15) is 5.26 Å². The first-order chi connectivity index (χ1) is 6.56. The maximum Gasteiger partial charge on any atom is 0.266 e. The minimum atomic E-state index is -2.55. The molecule has 0 atom stereocenters. The van der Waals surface area contributed by atoms with E-state index in [1.54, 1.807) is 6.92 Å². The number of nitriles is 1. The SMILES string of the molecule is Cc1cc(C(F)F)c(Br)nc1CC#N. The van der Waals surface area contributed by atoms with E-state index in [4.69, 9.17) is 5.26 Å². The van der Waals surface area contributed by atoms with Crippen LogP contribution < -0.4 is 0 Å². The number of pyridine rings is 1. The van der Waals surface area contributed by atoms with Crippen LogP contribution in [0.2, 0.25) is 0 Å². The first-order valence-electron chi connectivity index (χ1n) is 3.87. The van der Waals surface area contributed by atoms with Crippen molar-refractivity contribution in [2.24, 2.45) is 0 Å². The number of nitrogens with zero attached hydrogens (tertiary/aromatic N) is 2. The number of alkyl halides is 2. The summed E-state index contributed by atoms with van der Waals surface area (Å²) < 4.78 is 24.9. The van der Waals surface area contributed by atoms with E-state index in [1.807, 2.05) is 6.07 Å². The van der Waals surface area contributed by atoms with E-state index in [9.17, 15) is 8.78 Å². The van der Waals surface area contributed by atoms with Crippen LogP contribution in [0.5, 0.6) is 0 Å². The average Bonchev–Trinajstić information content (AvgIpc) is 2.10. The Morgan fingerprint density at radius 1 is 1.64 bits per heavy atom. The molecule has 1 heterocycles. The van der Waals surface area contributed by atoms with Gasteiger partial charge < -0.3 is 0 Å². The maximum atomic E-state index is 12.4. The van der Waals surface area contributed by atoms with E-state index in [1.165, 1.54) is 6.07 Å². The molecule has 0 aliphatic heterocycles. The molecular weight excluding hydrogens is 254 g/mol. The van der Waals surface area contributed by atoms with Gasteiger partial charge in [-0.1, -0.05) is 0 Å². The molecule has 1 aromatic rings. The summed E-state index contributed by atoms with van der Waals surface area (Å²) in [6.07, 6.45) is -2.42. The molecule has 5 heteroatoms. The zero-order valence-electron chi connectivity index (χ0n) is 7.39. The summed E-state index contributed by atoms with van der Waals surface area (Å²) in [5.41, 5.74) is 1.01. The van der Waals surface area contributed by atoms with Gasteiger partial charge in [0, 0.05) is 0 Å². The van der Waals surface area contributed by atoms with Gasteiger partial charge in [0.2, 0.25) is 0 Å². The Hall–Kier alpha value is -1.02. The first-order valence-corrected chi connectivity index (χ1v) is 4.66. The van der Waals surface area contributed by atoms with Gasteiger partial charge in [0.1, 0.15) is 4.60 Å². The van der Waals surface area contributed by atoms with E-state index >= 15 is 0 Å². The standard InChI is InChI=1S/C9H7BrF2N2/c1-5-4-6(9(11)12)8(10)14-7(5)2-3-13/h4,9H,2H2,1H3. The molecule has 0 saturated heterocycles. The normalized spacial score (nSPS) is 10.3. The van der Waals surface area contributed by atoms with Crippen LogP contribution in [0.15, 0.2) is 10.7 Å². The van der Waals surface area contributed by atoms with Crippen molar-refractivity contribution < 1.29 is 8.78 Å². The van der Waals surface area contributed by atoms with Crippen LogP contribution in [0.4, 0.5) is 8.78 Å². The summed E-state index contributed by atoms with van der Waals surface area (Å²) in [5.74, 6) is 0. The summed E-state index contributed by atoms with van der Waals surface area (Å²) >= 11 is 2.95. The number of hydrogen-bond donors (Lipinski definition) is 0. The second kappa shape index (κ2) is 4.47. The Labute approximate surface area is 88.7 Å². The molecule has 0 amide bonds. The van der Waals surface area contributed by atoms with Crippen molar-refractivity contribution in [1.29, 1.82) is 5.26 Å². The number of hydrogen-bond acceptors (Lipinski definition) is 2. The Kier molecular flexibility index (Phi) is 3.53. The highest BCUT2D eigenvalue weighted by Crippen LogP contribution is 2.27. The van der Waals surface area contributed by atoms with Crippen molar-refractivity contribution in [2.45, 2.75) is 19.8 Å². The van der Waals surface area contributed by atoms with Gasteiger partial charge in [-0.05, 0) is 34.5 Å². The Balaban J connectivity index is 3.18. The van der Waals surface area contributed by atoms with Crippen LogP contribution in [0, 0.1) is 18.3 Å². The van der Waals surface area contributed by atoms with Crippen molar-refractivity contribution in [3.05, 3.63) is 27.5 Å². The highest BCUT2D eigenvalue weighted by molar-refractivity contribution is 9.10. The van der Waals surface area contributed by atoms with Crippen LogP contribution >= 0.6 is 15.9 Å². The Morgan fingerprint density at radius 2 is 2.29 bits per heavy atom. The van der Waals surface area contributed by atoms with Gasteiger partial charge in [-0.3, -0.25) is 0 Å². The molecule has 0 bridgehead atoms. The van der Waals surface area contributed by atoms with Gasteiger partial charge >= 0.3 is 0 Å². The molecule has 1 rings (SSSR count). The molecule has 0 fully saturated rings. The molecule has 0 aromatic carbocycles. The fourth-order valence-electron chi connectivity index (χ4n) is 1.05. The van der Waals surface area contributed by atoms with Crippen LogP contribution in [-0.4, -0.2) is 4.98 Å². The molecule has 0 aliphatic carbocycles. The quantitative estimate of drug-likeness (QED) is 0.766. The fraction of sp³-hybridized carbons (Fsp3) is 0.333. The van der Waals surface area contributed by atoms with Crippen molar-refractivity contribution in [2.75, 3.05) is 0 Å². The molecule has 0 saturated carbocycles. The average molecular weight is 261 g/mol. The number of aryl methyl sites for hydroxylation is 1. The van der Waals surface area contributed by atoms with Crippen molar-refractivity contribution in [1.82, 2.24) is 4.98 Å². The lowest BCUT2D eigenvalue weighted by Crippen LogP contribution is -1.98. The molecule has 0 unspecified atom stereocenters.